The second-order valence-corrected chi connectivity index (χ2v) is 5.83. The van der Waals surface area contributed by atoms with Crippen molar-refractivity contribution < 1.29 is 14.3 Å². The van der Waals surface area contributed by atoms with Crippen LogP contribution in [-0.2, 0) is 11.2 Å². The lowest BCUT2D eigenvalue weighted by molar-refractivity contribution is -0.117. The number of carbonyl (C=O) groups is 1. The fourth-order valence-corrected chi connectivity index (χ4v) is 3.03. The summed E-state index contributed by atoms with van der Waals surface area (Å²) in [6, 6.07) is 11.2. The first-order chi connectivity index (χ1) is 11.1. The number of fused-ring (bicyclic) bond motifs is 1. The maximum atomic E-state index is 12.3. The van der Waals surface area contributed by atoms with Gasteiger partial charge in [0.25, 0.3) is 0 Å². The van der Waals surface area contributed by atoms with Crippen LogP contribution < -0.4 is 14.8 Å². The number of nitrogens with one attached hydrogen (secondary N) is 1. The number of methoxy groups -OCH3 is 1. The minimum absolute atomic E-state index is 0.00452. The third kappa shape index (κ3) is 3.13. The Morgan fingerprint density at radius 1 is 1.17 bits per heavy atom. The maximum Gasteiger partial charge on any atom is 0.232 e. The molecule has 1 atom stereocenters. The van der Waals surface area contributed by atoms with Crippen LogP contribution >= 0.6 is 11.6 Å². The van der Waals surface area contributed by atoms with Gasteiger partial charge in [0.1, 0.15) is 0 Å². The minimum atomic E-state index is -0.244. The zero-order chi connectivity index (χ0) is 16.4. The second kappa shape index (κ2) is 6.50. The Labute approximate surface area is 140 Å². The van der Waals surface area contributed by atoms with Crippen molar-refractivity contribution in [2.24, 2.45) is 0 Å². The first-order valence-electron chi connectivity index (χ1n) is 7.52. The van der Waals surface area contributed by atoms with Crippen LogP contribution in [0.4, 0.5) is 5.69 Å². The summed E-state index contributed by atoms with van der Waals surface area (Å²) in [5, 5.41) is 3.54. The highest BCUT2D eigenvalue weighted by Crippen LogP contribution is 2.37. The van der Waals surface area contributed by atoms with Gasteiger partial charge in [0.2, 0.25) is 5.91 Å². The van der Waals surface area contributed by atoms with Crippen molar-refractivity contribution >= 4 is 23.2 Å². The molecule has 3 rings (SSSR count). The molecular weight excluding hydrogens is 314 g/mol. The lowest BCUT2D eigenvalue weighted by atomic mass is 9.93. The molecule has 0 aromatic heterocycles. The molecule has 120 valence electrons. The van der Waals surface area contributed by atoms with Gasteiger partial charge < -0.3 is 14.8 Å². The van der Waals surface area contributed by atoms with Gasteiger partial charge >= 0.3 is 0 Å². The van der Waals surface area contributed by atoms with E-state index in [2.05, 4.69) is 5.32 Å². The number of rotatable bonds is 5. The highest BCUT2D eigenvalue weighted by Gasteiger charge is 2.30. The monoisotopic (exact) mass is 331 g/mol. The van der Waals surface area contributed by atoms with Gasteiger partial charge in [-0.05, 0) is 54.8 Å². The lowest BCUT2D eigenvalue weighted by Gasteiger charge is -2.13. The number of anilines is 1. The molecule has 0 saturated carbocycles. The summed E-state index contributed by atoms with van der Waals surface area (Å²) in [5.41, 5.74) is 2.79. The Morgan fingerprint density at radius 2 is 2.00 bits per heavy atom. The molecule has 4 nitrogen and oxygen atoms in total. The quantitative estimate of drug-likeness (QED) is 0.900. The molecule has 0 saturated heterocycles. The molecule has 0 radical (unpaired) electrons. The Bertz CT molecular complexity index is 745. The third-order valence-electron chi connectivity index (χ3n) is 3.93. The van der Waals surface area contributed by atoms with E-state index in [1.807, 2.05) is 37.3 Å². The average Bonchev–Trinajstić information content (AvgIpc) is 2.84. The highest BCUT2D eigenvalue weighted by atomic mass is 35.5. The number of amides is 1. The van der Waals surface area contributed by atoms with Crippen molar-refractivity contribution in [2.45, 2.75) is 19.3 Å². The van der Waals surface area contributed by atoms with E-state index >= 15 is 0 Å². The molecular formula is C18H18ClNO3. The van der Waals surface area contributed by atoms with Gasteiger partial charge in [0, 0.05) is 10.7 Å². The van der Waals surface area contributed by atoms with Crippen LogP contribution in [0.15, 0.2) is 36.4 Å². The smallest absolute Gasteiger partial charge is 0.232 e. The van der Waals surface area contributed by atoms with Crippen LogP contribution in [0.5, 0.6) is 11.5 Å². The summed E-state index contributed by atoms with van der Waals surface area (Å²) in [6.07, 6.45) is 0.585. The summed E-state index contributed by atoms with van der Waals surface area (Å²) in [6.45, 7) is 2.50. The molecule has 0 unspecified atom stereocenters. The summed E-state index contributed by atoms with van der Waals surface area (Å²) in [4.78, 5) is 12.3. The molecule has 1 heterocycles. The predicted molar refractivity (Wildman–Crippen MR) is 90.7 cm³/mol. The Hall–Kier alpha value is -2.20. The fraction of sp³-hybridized carbons (Fsp3) is 0.278. The van der Waals surface area contributed by atoms with Gasteiger partial charge in [-0.3, -0.25) is 4.79 Å². The molecule has 23 heavy (non-hydrogen) atoms. The topological polar surface area (TPSA) is 47.6 Å². The van der Waals surface area contributed by atoms with Crippen LogP contribution in [0.2, 0.25) is 5.02 Å². The van der Waals surface area contributed by atoms with Gasteiger partial charge in [0.15, 0.2) is 11.5 Å². The van der Waals surface area contributed by atoms with Crippen molar-refractivity contribution in [1.82, 2.24) is 0 Å². The van der Waals surface area contributed by atoms with E-state index in [0.29, 0.717) is 29.5 Å². The minimum Gasteiger partial charge on any atom is -0.493 e. The van der Waals surface area contributed by atoms with Gasteiger partial charge in [-0.1, -0.05) is 17.7 Å². The number of halogens is 1. The van der Waals surface area contributed by atoms with Crippen LogP contribution in [-0.4, -0.2) is 19.6 Å². The van der Waals surface area contributed by atoms with Crippen LogP contribution in [0.25, 0.3) is 0 Å². The molecule has 2 aromatic carbocycles. The summed E-state index contributed by atoms with van der Waals surface area (Å²) in [5.74, 6) is 1.13. The van der Waals surface area contributed by atoms with Crippen LogP contribution in [0.1, 0.15) is 24.0 Å². The molecule has 0 fully saturated rings. The maximum absolute atomic E-state index is 12.3. The zero-order valence-electron chi connectivity index (χ0n) is 13.1. The molecule has 5 heteroatoms. The van der Waals surface area contributed by atoms with Crippen molar-refractivity contribution in [1.29, 1.82) is 0 Å². The largest absolute Gasteiger partial charge is 0.493 e. The van der Waals surface area contributed by atoms with Gasteiger partial charge in [-0.15, -0.1) is 0 Å². The van der Waals surface area contributed by atoms with E-state index < -0.39 is 0 Å². The molecule has 0 bridgehead atoms. The Morgan fingerprint density at radius 3 is 2.74 bits per heavy atom. The van der Waals surface area contributed by atoms with E-state index in [1.54, 1.807) is 13.2 Å². The van der Waals surface area contributed by atoms with Gasteiger partial charge in [-0.2, -0.15) is 0 Å². The molecule has 1 aliphatic rings. The van der Waals surface area contributed by atoms with E-state index in [1.165, 1.54) is 0 Å². The Balaban J connectivity index is 1.88. The normalized spacial score (nSPS) is 16.0. The van der Waals surface area contributed by atoms with Crippen LogP contribution in [0, 0.1) is 0 Å². The van der Waals surface area contributed by atoms with Crippen molar-refractivity contribution in [3.63, 3.8) is 0 Å². The molecule has 2 aromatic rings. The van der Waals surface area contributed by atoms with E-state index in [4.69, 9.17) is 21.1 Å². The first-order valence-corrected chi connectivity index (χ1v) is 7.90. The summed E-state index contributed by atoms with van der Waals surface area (Å²) in [7, 11) is 1.61. The number of carbonyl (C=O) groups excluding carboxylic acids is 1. The number of hydrogen-bond donors (Lipinski definition) is 1. The van der Waals surface area contributed by atoms with Crippen molar-refractivity contribution in [2.75, 3.05) is 19.0 Å². The fourth-order valence-electron chi connectivity index (χ4n) is 2.85. The van der Waals surface area contributed by atoms with Gasteiger partial charge in [-0.25, -0.2) is 0 Å². The second-order valence-electron chi connectivity index (χ2n) is 5.40. The molecule has 1 amide bonds. The van der Waals surface area contributed by atoms with Crippen molar-refractivity contribution in [3.8, 4) is 11.5 Å². The SMILES string of the molecule is CCOc1ccc(C[C@H]2C(=O)Nc3ccc(Cl)cc32)cc1OC. The third-order valence-corrected chi connectivity index (χ3v) is 4.17. The molecule has 1 N–H and O–H groups in total. The lowest BCUT2D eigenvalue weighted by Crippen LogP contribution is -2.14. The van der Waals surface area contributed by atoms with Gasteiger partial charge in [0.05, 0.1) is 19.6 Å². The predicted octanol–water partition coefficient (Wildman–Crippen LogP) is 4.03. The molecule has 0 aliphatic carbocycles. The standard InChI is InChI=1S/C18H18ClNO3/c1-3-23-16-7-4-11(9-17(16)22-2)8-14-13-10-12(19)5-6-15(13)20-18(14)21/h4-7,9-10,14H,3,8H2,1-2H3,(H,20,21)/t14-/m1/s1. The average molecular weight is 332 g/mol. The number of hydrogen-bond acceptors (Lipinski definition) is 3. The summed E-state index contributed by atoms with van der Waals surface area (Å²) >= 11 is 6.07. The van der Waals surface area contributed by atoms with Crippen LogP contribution in [0.3, 0.4) is 0 Å². The first kappa shape index (κ1) is 15.7. The number of benzene rings is 2. The summed E-state index contributed by atoms with van der Waals surface area (Å²) < 4.78 is 10.9. The molecule has 1 aliphatic heterocycles. The Kier molecular flexibility index (Phi) is 4.44. The van der Waals surface area contributed by atoms with E-state index in [-0.39, 0.29) is 11.8 Å². The molecule has 0 spiro atoms. The van der Waals surface area contributed by atoms with E-state index in [0.717, 1.165) is 16.8 Å². The van der Waals surface area contributed by atoms with E-state index in [9.17, 15) is 4.79 Å². The number of ether oxygens (including phenoxy) is 2. The van der Waals surface area contributed by atoms with Crippen molar-refractivity contribution in [3.05, 3.63) is 52.5 Å². The zero-order valence-corrected chi connectivity index (χ0v) is 13.8. The highest BCUT2D eigenvalue weighted by molar-refractivity contribution is 6.31.